The van der Waals surface area contributed by atoms with Crippen LogP contribution >= 0.6 is 0 Å². The molecule has 0 aromatic heterocycles. The number of likely N-dealkylation sites (tertiary alicyclic amines) is 1. The summed E-state index contributed by atoms with van der Waals surface area (Å²) in [5.41, 5.74) is 19.8. The second-order valence-electron chi connectivity index (χ2n) is 36.7. The maximum absolute atomic E-state index is 15.0. The Morgan fingerprint density at radius 1 is 0.358 bits per heavy atom. The van der Waals surface area contributed by atoms with Gasteiger partial charge in [0.1, 0.15) is 90.6 Å². The number of benzene rings is 3. The maximum atomic E-state index is 15.0. The van der Waals surface area contributed by atoms with Gasteiger partial charge in [0, 0.05) is 19.4 Å². The van der Waals surface area contributed by atoms with Gasteiger partial charge in [0.2, 0.25) is 100 Å². The van der Waals surface area contributed by atoms with E-state index in [1.165, 1.54) is 18.7 Å². The number of carbonyl (C=O) groups excluding carboxylic acids is 17. The summed E-state index contributed by atoms with van der Waals surface area (Å²) in [5.74, 6) is -17.6. The highest BCUT2D eigenvalue weighted by Crippen LogP contribution is 2.24. The minimum absolute atomic E-state index is 0.00741. The van der Waals surface area contributed by atoms with Crippen LogP contribution in [0.2, 0.25) is 0 Å². The Morgan fingerprint density at radius 3 is 1.15 bits per heavy atom. The predicted octanol–water partition coefficient (Wildman–Crippen LogP) is -1.30. The van der Waals surface area contributed by atoms with Gasteiger partial charge < -0.3 is 122 Å². The molecule has 0 aliphatic carbocycles. The van der Waals surface area contributed by atoms with Crippen LogP contribution in [0.1, 0.15) is 204 Å². The van der Waals surface area contributed by atoms with Crippen LogP contribution in [0, 0.1) is 35.5 Å². The summed E-state index contributed by atoms with van der Waals surface area (Å²) in [5, 5.41) is 72.5. The molecule has 0 bridgehead atoms. The van der Waals surface area contributed by atoms with E-state index in [0.29, 0.717) is 69.0 Å². The molecule has 1 aliphatic rings. The van der Waals surface area contributed by atoms with Crippen molar-refractivity contribution in [1.29, 1.82) is 0 Å². The van der Waals surface area contributed by atoms with Crippen molar-refractivity contribution in [1.82, 2.24) is 90.0 Å². The molecule has 0 spiro atoms. The van der Waals surface area contributed by atoms with Gasteiger partial charge in [0.25, 0.3) is 0 Å². The molecule has 1 saturated heterocycles. The number of carboxylic acid groups (broad SMARTS) is 1. The molecule has 17 amide bonds. The number of unbranched alkanes of at least 4 members (excludes halogenated alkanes) is 2. The number of nitrogens with zero attached hydrogens (tertiary/aromatic N) is 1. The Balaban J connectivity index is 1.39. The minimum Gasteiger partial charge on any atom is -0.480 e. The molecule has 41 heteroatoms. The highest BCUT2D eigenvalue weighted by atomic mass is 16.4. The van der Waals surface area contributed by atoms with Gasteiger partial charge in [-0.15, -0.1) is 0 Å². The van der Waals surface area contributed by atoms with Gasteiger partial charge in [-0.1, -0.05) is 193 Å². The maximum Gasteiger partial charge on any atom is 0.326 e. The number of nitrogens with two attached hydrogens (primary N) is 3. The molecule has 3 aromatic rings. The molecular weight excluding hydrogens is 1770 g/mol. The Hall–Kier alpha value is -12.1. The van der Waals surface area contributed by atoms with Gasteiger partial charge in [0.15, 0.2) is 0 Å². The van der Waals surface area contributed by atoms with E-state index < -0.39 is 247 Å². The van der Waals surface area contributed by atoms with Crippen molar-refractivity contribution < 1.29 is 102 Å². The first-order valence-corrected chi connectivity index (χ1v) is 47.8. The number of aliphatic hydroxyl groups is 2. The van der Waals surface area contributed by atoms with Gasteiger partial charge in [-0.05, 0) is 156 Å². The molecule has 1 aliphatic heterocycles. The average molecular weight is 1920 g/mol. The number of aliphatic hydroxyl groups excluding tert-OH is 2. The van der Waals surface area contributed by atoms with Crippen LogP contribution in [0.5, 0.6) is 0 Å². The van der Waals surface area contributed by atoms with Crippen LogP contribution in [0.4, 0.5) is 0 Å². The van der Waals surface area contributed by atoms with Crippen molar-refractivity contribution in [3.63, 3.8) is 0 Å². The van der Waals surface area contributed by atoms with Gasteiger partial charge in [0.05, 0.1) is 32.3 Å². The van der Waals surface area contributed by atoms with Crippen LogP contribution in [0.25, 0.3) is 0 Å². The van der Waals surface area contributed by atoms with E-state index in [4.69, 9.17) is 17.2 Å². The molecule has 4 rings (SSSR count). The second kappa shape index (κ2) is 61.2. The lowest BCUT2D eigenvalue weighted by molar-refractivity contribution is -0.143. The third-order valence-corrected chi connectivity index (χ3v) is 23.9. The van der Waals surface area contributed by atoms with E-state index in [0.717, 1.165) is 5.56 Å². The molecule has 0 saturated carbocycles. The van der Waals surface area contributed by atoms with Gasteiger partial charge in [-0.3, -0.25) is 81.5 Å². The average Bonchev–Trinajstić information content (AvgIpc) is 1.70. The first-order chi connectivity index (χ1) is 64.9. The van der Waals surface area contributed by atoms with Crippen LogP contribution in [0.3, 0.4) is 0 Å². The largest absolute Gasteiger partial charge is 0.480 e. The zero-order valence-electron chi connectivity index (χ0n) is 81.7. The van der Waals surface area contributed by atoms with Crippen LogP contribution in [-0.2, 0) is 106 Å². The summed E-state index contributed by atoms with van der Waals surface area (Å²) < 4.78 is 0. The fraction of sp³-hybridized carbons (Fsp3) is 0.625. The minimum atomic E-state index is -1.69. The van der Waals surface area contributed by atoms with Gasteiger partial charge >= 0.3 is 5.97 Å². The van der Waals surface area contributed by atoms with Crippen LogP contribution in [-0.4, -0.2) is 269 Å². The molecule has 25 N–H and O–H groups in total. The predicted molar refractivity (Wildman–Crippen MR) is 512 cm³/mol. The normalized spacial score (nSPS) is 16.4. The van der Waals surface area contributed by atoms with E-state index in [9.17, 15) is 102 Å². The van der Waals surface area contributed by atoms with Crippen molar-refractivity contribution in [2.24, 2.45) is 52.7 Å². The van der Waals surface area contributed by atoms with Crippen LogP contribution < -0.4 is 102 Å². The number of carbonyl (C=O) groups is 18. The summed E-state index contributed by atoms with van der Waals surface area (Å²) >= 11 is 0. The van der Waals surface area contributed by atoms with E-state index in [1.54, 1.807) is 130 Å². The SMILES string of the molecule is CC[C@H](C)[C@H](NC(=O)[C@H](C)NC(=O)[C@H](CCCCN)NC(=O)[C@@H]1CCCN1C(=O)[C@@H](NC(=O)[C@H](CC(C)C)NC(=O)[C@H](CO)NC(=O)[C@H](Cc1ccccc1)NC(=O)[C@H](CC(C)C)NC(=O)[C@@H](N)Cc1ccccc1)[C@@H](C)CC)C(=O)NCC(=O)NCC(=O)N[C@@H](CC(C)C)C(=O)N[C@H](C(=O)N[C@@H](CO)C(=O)N[C@@H](C)C(=O)N[C@@H](Cc1ccccc1)C(=O)N[C@@H](CCCCN)C(=O)O)[C@@H](C)CC. The topological polar surface area (TPSA) is 642 Å². The molecule has 762 valence electrons. The summed E-state index contributed by atoms with van der Waals surface area (Å²) in [6.45, 7) is 20.9. The first kappa shape index (κ1) is 117. The second-order valence-corrected chi connectivity index (χ2v) is 36.7. The third kappa shape index (κ3) is 41.0. The lowest BCUT2D eigenvalue weighted by Gasteiger charge is -2.33. The number of aliphatic carboxylic acids is 1. The summed E-state index contributed by atoms with van der Waals surface area (Å²) in [4.78, 5) is 252. The Morgan fingerprint density at radius 2 is 0.701 bits per heavy atom. The standard InChI is InChI=1S/C96H152N20O21/c1-15-57(10)78(93(133)101-50-76(119)100-51-77(120)104-68(44-54(4)5)88(128)114-79(58(11)16-2)94(134)112-73(52-117)90(130)103-60(13)81(121)107-71(48-63-34-23-19-24-35-63)86(126)106-67(96(136)137)39-28-30-42-98)113-82(122)61(14)102-84(124)66(38-27-29-41-97)105-92(132)75-40-31-43-116(75)95(135)80(59(12)17-3)115-89(129)70(46-56(8)9)109-91(131)74(53-118)111-87(127)72(49-64-36-25-20-26-37-64)110-85(125)69(45-55(6)7)108-83(123)65(99)47-62-32-21-18-22-33-62/h18-26,32-37,54-61,65-75,78-80,117-118H,15-17,27-31,38-53,97-99H2,1-14H3,(H,100,119)(H,101,133)(H,102,124)(H,103,130)(H,104,120)(H,105,132)(H,106,126)(H,107,121)(H,108,123)(H,109,131)(H,110,125)(H,111,127)(H,112,134)(H,113,122)(H,114,128)(H,115,129)(H,136,137)/t57-,58-,59-,60-,61-,65-,66-,67-,68-,69-,70-,71-,72-,73-,74-,75-,78-,79-,80-/m0/s1. The highest BCUT2D eigenvalue weighted by molar-refractivity contribution is 6.01. The monoisotopic (exact) mass is 1920 g/mol. The Bertz CT molecular complexity index is 4420. The highest BCUT2D eigenvalue weighted by Gasteiger charge is 2.44. The first-order valence-electron chi connectivity index (χ1n) is 47.8. The number of carboxylic acids is 1. The molecule has 41 nitrogen and oxygen atoms in total. The van der Waals surface area contributed by atoms with Crippen molar-refractivity contribution in [3.8, 4) is 0 Å². The number of rotatable bonds is 62. The smallest absolute Gasteiger partial charge is 0.326 e. The van der Waals surface area contributed by atoms with E-state index in [-0.39, 0.29) is 88.6 Å². The van der Waals surface area contributed by atoms with Crippen molar-refractivity contribution in [2.75, 3.05) is 45.9 Å². The van der Waals surface area contributed by atoms with Gasteiger partial charge in [-0.2, -0.15) is 0 Å². The third-order valence-electron chi connectivity index (χ3n) is 23.9. The molecule has 3 aromatic carbocycles. The van der Waals surface area contributed by atoms with Crippen molar-refractivity contribution in [3.05, 3.63) is 108 Å². The van der Waals surface area contributed by atoms with Crippen molar-refractivity contribution >= 4 is 106 Å². The van der Waals surface area contributed by atoms with Crippen molar-refractivity contribution in [2.45, 2.75) is 303 Å². The van der Waals surface area contributed by atoms with E-state index in [1.807, 2.05) is 44.2 Å². The number of nitrogens with one attached hydrogen (secondary N) is 16. The molecule has 0 radical (unpaired) electrons. The summed E-state index contributed by atoms with van der Waals surface area (Å²) in [6.07, 6.45) is 3.44. The molecule has 137 heavy (non-hydrogen) atoms. The molecule has 0 unspecified atom stereocenters. The van der Waals surface area contributed by atoms with E-state index in [2.05, 4.69) is 85.1 Å². The Kier molecular flexibility index (Phi) is 52.4. The fourth-order valence-electron chi connectivity index (χ4n) is 15.2. The number of hydrogen-bond donors (Lipinski definition) is 22. The molecule has 1 fully saturated rings. The zero-order valence-corrected chi connectivity index (χ0v) is 81.7. The molecule has 19 atom stereocenters. The molecule has 1 heterocycles. The quantitative estimate of drug-likeness (QED) is 0.0292. The number of amides is 17. The van der Waals surface area contributed by atoms with Crippen LogP contribution in [0.15, 0.2) is 91.0 Å². The Labute approximate surface area is 803 Å². The lowest BCUT2D eigenvalue weighted by Crippen LogP contribution is -2.62. The summed E-state index contributed by atoms with van der Waals surface area (Å²) in [7, 11) is 0. The molecular formula is C96H152N20O21. The summed E-state index contributed by atoms with van der Waals surface area (Å²) in [6, 6.07) is 5.01. The van der Waals surface area contributed by atoms with E-state index >= 15 is 0 Å². The zero-order chi connectivity index (χ0) is 102. The fourth-order valence-corrected chi connectivity index (χ4v) is 15.2. The number of hydrogen-bond acceptors (Lipinski definition) is 23. The van der Waals surface area contributed by atoms with Gasteiger partial charge in [-0.25, -0.2) is 4.79 Å². The lowest BCUT2D eigenvalue weighted by atomic mass is 9.95.